The maximum absolute atomic E-state index is 12.1. The second-order valence-corrected chi connectivity index (χ2v) is 4.13. The molecule has 0 radical (unpaired) electrons. The van der Waals surface area contributed by atoms with Gasteiger partial charge in [0.25, 0.3) is 0 Å². The van der Waals surface area contributed by atoms with E-state index in [2.05, 4.69) is 0 Å². The first-order valence-electron chi connectivity index (χ1n) is 5.97. The van der Waals surface area contributed by atoms with E-state index in [4.69, 9.17) is 10.00 Å². The molecular weight excluding hydrogens is 238 g/mol. The zero-order chi connectivity index (χ0) is 13.7. The van der Waals surface area contributed by atoms with E-state index < -0.39 is 6.10 Å². The van der Waals surface area contributed by atoms with E-state index in [9.17, 15) is 4.79 Å². The highest BCUT2D eigenvalue weighted by atomic mass is 16.5. The monoisotopic (exact) mass is 251 g/mol. The summed E-state index contributed by atoms with van der Waals surface area (Å²) in [7, 11) is 0. The SMILES string of the molecule is C[C@@H](Oc1cccc(C#N)c1)C(=O)c1ccccc1. The third-order valence-corrected chi connectivity index (χ3v) is 2.70. The van der Waals surface area contributed by atoms with Crippen molar-refractivity contribution >= 4 is 5.78 Å². The lowest BCUT2D eigenvalue weighted by Gasteiger charge is -2.13. The molecule has 0 aromatic heterocycles. The molecule has 0 aliphatic rings. The van der Waals surface area contributed by atoms with Crippen molar-refractivity contribution in [1.82, 2.24) is 0 Å². The summed E-state index contributed by atoms with van der Waals surface area (Å²) in [5, 5.41) is 8.81. The van der Waals surface area contributed by atoms with Crippen LogP contribution in [0.1, 0.15) is 22.8 Å². The molecule has 19 heavy (non-hydrogen) atoms. The Hall–Kier alpha value is -2.60. The van der Waals surface area contributed by atoms with Gasteiger partial charge in [0.15, 0.2) is 6.10 Å². The standard InChI is InChI=1S/C16H13NO2/c1-12(16(18)14-7-3-2-4-8-14)19-15-9-5-6-13(10-15)11-17/h2-10,12H,1H3/t12-/m1/s1. The van der Waals surface area contributed by atoms with E-state index in [1.165, 1.54) is 0 Å². The Morgan fingerprint density at radius 1 is 1.16 bits per heavy atom. The highest BCUT2D eigenvalue weighted by Crippen LogP contribution is 2.16. The number of hydrogen-bond acceptors (Lipinski definition) is 3. The van der Waals surface area contributed by atoms with E-state index in [1.54, 1.807) is 43.3 Å². The summed E-state index contributed by atoms with van der Waals surface area (Å²) in [5.74, 6) is 0.443. The number of ketones is 1. The molecule has 3 nitrogen and oxygen atoms in total. The number of benzene rings is 2. The molecule has 0 aliphatic carbocycles. The zero-order valence-electron chi connectivity index (χ0n) is 10.5. The average Bonchev–Trinajstić information content (AvgIpc) is 2.47. The number of hydrogen-bond donors (Lipinski definition) is 0. The third-order valence-electron chi connectivity index (χ3n) is 2.70. The molecule has 2 rings (SSSR count). The van der Waals surface area contributed by atoms with Crippen molar-refractivity contribution in [3.8, 4) is 11.8 Å². The van der Waals surface area contributed by atoms with Crippen LogP contribution in [-0.4, -0.2) is 11.9 Å². The molecule has 2 aromatic carbocycles. The fourth-order valence-electron chi connectivity index (χ4n) is 1.73. The van der Waals surface area contributed by atoms with Crippen molar-refractivity contribution < 1.29 is 9.53 Å². The van der Waals surface area contributed by atoms with Crippen LogP contribution in [0.2, 0.25) is 0 Å². The van der Waals surface area contributed by atoms with Crippen molar-refractivity contribution in [2.24, 2.45) is 0 Å². The van der Waals surface area contributed by atoms with Crippen LogP contribution < -0.4 is 4.74 Å². The van der Waals surface area contributed by atoms with Crippen molar-refractivity contribution in [2.45, 2.75) is 13.0 Å². The van der Waals surface area contributed by atoms with E-state index in [-0.39, 0.29) is 5.78 Å². The van der Waals surface area contributed by atoms with Crippen LogP contribution in [0, 0.1) is 11.3 Å². The Bertz CT molecular complexity index is 614. The maximum atomic E-state index is 12.1. The lowest BCUT2D eigenvalue weighted by molar-refractivity contribution is 0.0818. The molecule has 0 aliphatic heterocycles. The first-order chi connectivity index (χ1) is 9.20. The van der Waals surface area contributed by atoms with Crippen LogP contribution in [0.3, 0.4) is 0 Å². The molecule has 2 aromatic rings. The largest absolute Gasteiger partial charge is 0.483 e. The normalized spacial score (nSPS) is 11.4. The topological polar surface area (TPSA) is 50.1 Å². The van der Waals surface area contributed by atoms with Gasteiger partial charge in [0, 0.05) is 5.56 Å². The van der Waals surface area contributed by atoms with Crippen molar-refractivity contribution in [3.05, 3.63) is 65.7 Å². The van der Waals surface area contributed by atoms with E-state index >= 15 is 0 Å². The van der Waals surface area contributed by atoms with Gasteiger partial charge in [-0.1, -0.05) is 36.4 Å². The molecule has 0 amide bonds. The van der Waals surface area contributed by atoms with Crippen molar-refractivity contribution in [1.29, 1.82) is 5.26 Å². The van der Waals surface area contributed by atoms with Gasteiger partial charge in [0.05, 0.1) is 11.6 Å². The van der Waals surface area contributed by atoms with Gasteiger partial charge in [-0.25, -0.2) is 0 Å². The first-order valence-corrected chi connectivity index (χ1v) is 5.97. The number of Topliss-reactive ketones (excluding diaryl/α,β-unsaturated/α-hetero) is 1. The summed E-state index contributed by atoms with van der Waals surface area (Å²) in [6.45, 7) is 1.70. The highest BCUT2D eigenvalue weighted by molar-refractivity contribution is 5.99. The molecule has 3 heteroatoms. The molecule has 0 saturated carbocycles. The number of carbonyl (C=O) groups excluding carboxylic acids is 1. The van der Waals surface area contributed by atoms with Gasteiger partial charge < -0.3 is 4.74 Å². The molecule has 0 bridgehead atoms. The van der Waals surface area contributed by atoms with Gasteiger partial charge in [-0.3, -0.25) is 4.79 Å². The van der Waals surface area contributed by atoms with Gasteiger partial charge in [0.1, 0.15) is 5.75 Å². The molecular formula is C16H13NO2. The average molecular weight is 251 g/mol. The number of rotatable bonds is 4. The van der Waals surface area contributed by atoms with Crippen LogP contribution in [0.4, 0.5) is 0 Å². The van der Waals surface area contributed by atoms with Crippen LogP contribution >= 0.6 is 0 Å². The van der Waals surface area contributed by atoms with Gasteiger partial charge in [0.2, 0.25) is 5.78 Å². The fraction of sp³-hybridized carbons (Fsp3) is 0.125. The number of ether oxygens (including phenoxy) is 1. The van der Waals surface area contributed by atoms with Gasteiger partial charge in [-0.15, -0.1) is 0 Å². The second-order valence-electron chi connectivity index (χ2n) is 4.13. The number of nitrogens with zero attached hydrogens (tertiary/aromatic N) is 1. The Kier molecular flexibility index (Phi) is 3.94. The summed E-state index contributed by atoms with van der Waals surface area (Å²) in [6, 6.07) is 17.8. The van der Waals surface area contributed by atoms with Gasteiger partial charge in [-0.05, 0) is 25.1 Å². The quantitative estimate of drug-likeness (QED) is 0.784. The molecule has 0 fully saturated rings. The smallest absolute Gasteiger partial charge is 0.202 e. The Morgan fingerprint density at radius 3 is 2.58 bits per heavy atom. The molecule has 0 saturated heterocycles. The zero-order valence-corrected chi connectivity index (χ0v) is 10.5. The minimum absolute atomic E-state index is 0.0806. The van der Waals surface area contributed by atoms with Gasteiger partial charge >= 0.3 is 0 Å². The summed E-state index contributed by atoms with van der Waals surface area (Å²) >= 11 is 0. The van der Waals surface area contributed by atoms with E-state index in [1.807, 2.05) is 24.3 Å². The summed E-state index contributed by atoms with van der Waals surface area (Å²) in [4.78, 5) is 12.1. The Balaban J connectivity index is 2.11. The summed E-state index contributed by atoms with van der Waals surface area (Å²) in [5.41, 5.74) is 1.13. The van der Waals surface area contributed by atoms with E-state index in [0.717, 1.165) is 0 Å². The summed E-state index contributed by atoms with van der Waals surface area (Å²) in [6.07, 6.45) is -0.587. The van der Waals surface area contributed by atoms with Gasteiger partial charge in [-0.2, -0.15) is 5.26 Å². The second kappa shape index (κ2) is 5.83. The van der Waals surface area contributed by atoms with E-state index in [0.29, 0.717) is 16.9 Å². The Morgan fingerprint density at radius 2 is 1.89 bits per heavy atom. The van der Waals surface area contributed by atoms with Crippen LogP contribution in [0.25, 0.3) is 0 Å². The maximum Gasteiger partial charge on any atom is 0.202 e. The van der Waals surface area contributed by atoms with Crippen molar-refractivity contribution in [3.63, 3.8) is 0 Å². The molecule has 94 valence electrons. The fourth-order valence-corrected chi connectivity index (χ4v) is 1.73. The number of nitriles is 1. The molecule has 0 heterocycles. The first kappa shape index (κ1) is 12.8. The third kappa shape index (κ3) is 3.20. The minimum atomic E-state index is -0.587. The summed E-state index contributed by atoms with van der Waals surface area (Å²) < 4.78 is 5.57. The predicted octanol–water partition coefficient (Wildman–Crippen LogP) is 3.21. The van der Waals surface area contributed by atoms with Crippen LogP contribution in [-0.2, 0) is 0 Å². The van der Waals surface area contributed by atoms with Crippen LogP contribution in [0.5, 0.6) is 5.75 Å². The number of carbonyl (C=O) groups is 1. The lowest BCUT2D eigenvalue weighted by Crippen LogP contribution is -2.23. The van der Waals surface area contributed by atoms with Crippen molar-refractivity contribution in [2.75, 3.05) is 0 Å². The van der Waals surface area contributed by atoms with Crippen LogP contribution in [0.15, 0.2) is 54.6 Å². The molecule has 1 atom stereocenters. The molecule has 0 N–H and O–H groups in total. The predicted molar refractivity (Wildman–Crippen MR) is 72.0 cm³/mol. The highest BCUT2D eigenvalue weighted by Gasteiger charge is 2.16. The molecule has 0 unspecified atom stereocenters. The Labute approximate surface area is 112 Å². The minimum Gasteiger partial charge on any atom is -0.483 e. The lowest BCUT2D eigenvalue weighted by atomic mass is 10.1. The molecule has 0 spiro atoms.